The molecule has 8 nitrogen and oxygen atoms in total. The van der Waals surface area contributed by atoms with Crippen molar-refractivity contribution in [2.24, 2.45) is 5.92 Å². The Labute approximate surface area is 154 Å². The van der Waals surface area contributed by atoms with E-state index in [4.69, 9.17) is 14.5 Å². The summed E-state index contributed by atoms with van der Waals surface area (Å²) in [4.78, 5) is 24.8. The van der Waals surface area contributed by atoms with Crippen LogP contribution in [0.2, 0.25) is 0 Å². The van der Waals surface area contributed by atoms with Gasteiger partial charge in [0.1, 0.15) is 11.6 Å². The van der Waals surface area contributed by atoms with Crippen molar-refractivity contribution in [2.75, 3.05) is 52.4 Å². The average Bonchev–Trinajstić information content (AvgIpc) is 3.02. The zero-order valence-corrected chi connectivity index (χ0v) is 15.7. The lowest BCUT2D eigenvalue weighted by molar-refractivity contribution is -0.130. The molecular formula is C18H28N4O4. The minimum Gasteiger partial charge on any atom is -0.481 e. The van der Waals surface area contributed by atoms with Crippen LogP contribution in [-0.4, -0.2) is 79.5 Å². The molecule has 0 saturated carbocycles. The zero-order chi connectivity index (χ0) is 18.7. The van der Waals surface area contributed by atoms with E-state index in [0.717, 1.165) is 37.7 Å². The van der Waals surface area contributed by atoms with Crippen molar-refractivity contribution in [3.8, 4) is 5.88 Å². The van der Waals surface area contributed by atoms with Crippen molar-refractivity contribution in [1.29, 1.82) is 0 Å². The van der Waals surface area contributed by atoms with Gasteiger partial charge in [0.15, 0.2) is 0 Å². The van der Waals surface area contributed by atoms with E-state index in [-0.39, 0.29) is 17.7 Å². The third kappa shape index (κ3) is 4.24. The Morgan fingerprint density at radius 2 is 2.08 bits per heavy atom. The third-order valence-corrected chi connectivity index (χ3v) is 5.17. The molecule has 0 bridgehead atoms. The first-order valence-corrected chi connectivity index (χ1v) is 9.11. The summed E-state index contributed by atoms with van der Waals surface area (Å²) in [5.41, 5.74) is 0. The molecule has 0 aromatic carbocycles. The number of nitrogens with zero attached hydrogens (tertiary/aromatic N) is 4. The van der Waals surface area contributed by atoms with Crippen LogP contribution in [0.4, 0.5) is 5.82 Å². The van der Waals surface area contributed by atoms with Crippen LogP contribution in [-0.2, 0) is 9.53 Å². The first kappa shape index (κ1) is 18.8. The maximum atomic E-state index is 12.0. The van der Waals surface area contributed by atoms with Gasteiger partial charge in [0.2, 0.25) is 11.8 Å². The van der Waals surface area contributed by atoms with Crippen LogP contribution in [0.5, 0.6) is 5.88 Å². The largest absolute Gasteiger partial charge is 0.481 e. The van der Waals surface area contributed by atoms with Crippen LogP contribution >= 0.6 is 0 Å². The molecule has 8 heteroatoms. The van der Waals surface area contributed by atoms with Gasteiger partial charge >= 0.3 is 0 Å². The molecule has 0 spiro atoms. The standard InChI is InChI=1S/C18H28N4O4/c1-21(2)17(24)8-13-10-22(11-14(13)23)15-9-16(25-3)20-18(19-15)12-4-6-26-7-5-12/h9,12-14,23H,4-8,10-11H2,1-3H3/t13-,14-/m1/s1. The SMILES string of the molecule is COc1cc(N2C[C@@H](CC(=O)N(C)C)[C@H](O)C2)nc(C2CCOCC2)n1. The monoisotopic (exact) mass is 364 g/mol. The number of aromatic nitrogens is 2. The van der Waals surface area contributed by atoms with Crippen LogP contribution in [0.1, 0.15) is 31.0 Å². The topological polar surface area (TPSA) is 88.0 Å². The Morgan fingerprint density at radius 3 is 2.73 bits per heavy atom. The van der Waals surface area contributed by atoms with Crippen molar-refractivity contribution in [3.05, 3.63) is 11.9 Å². The second-order valence-electron chi connectivity index (χ2n) is 7.24. The lowest BCUT2D eigenvalue weighted by atomic mass is 9.99. The summed E-state index contributed by atoms with van der Waals surface area (Å²) < 4.78 is 10.8. The van der Waals surface area contributed by atoms with E-state index in [0.29, 0.717) is 25.4 Å². The van der Waals surface area contributed by atoms with Crippen molar-refractivity contribution in [3.63, 3.8) is 0 Å². The second kappa shape index (κ2) is 8.18. The number of rotatable bonds is 5. The molecule has 3 heterocycles. The number of aliphatic hydroxyl groups is 1. The second-order valence-corrected chi connectivity index (χ2v) is 7.24. The van der Waals surface area contributed by atoms with Crippen LogP contribution in [0, 0.1) is 5.92 Å². The maximum Gasteiger partial charge on any atom is 0.222 e. The van der Waals surface area contributed by atoms with E-state index in [2.05, 4.69) is 4.98 Å². The van der Waals surface area contributed by atoms with Gasteiger partial charge < -0.3 is 24.4 Å². The molecule has 1 N–H and O–H groups in total. The number of aliphatic hydroxyl groups excluding tert-OH is 1. The molecule has 1 aromatic heterocycles. The number of ether oxygens (including phenoxy) is 2. The van der Waals surface area contributed by atoms with Crippen LogP contribution < -0.4 is 9.64 Å². The predicted octanol–water partition coefficient (Wildman–Crippen LogP) is 0.655. The molecule has 2 fully saturated rings. The Morgan fingerprint density at radius 1 is 1.35 bits per heavy atom. The summed E-state index contributed by atoms with van der Waals surface area (Å²) in [5.74, 6) is 2.23. The third-order valence-electron chi connectivity index (χ3n) is 5.17. The van der Waals surface area contributed by atoms with Crippen molar-refractivity contribution in [1.82, 2.24) is 14.9 Å². The van der Waals surface area contributed by atoms with Crippen LogP contribution in [0.25, 0.3) is 0 Å². The number of carbonyl (C=O) groups excluding carboxylic acids is 1. The molecule has 2 saturated heterocycles. The van der Waals surface area contributed by atoms with Crippen molar-refractivity contribution < 1.29 is 19.4 Å². The van der Waals surface area contributed by atoms with Crippen LogP contribution in [0.3, 0.4) is 0 Å². The molecule has 1 amide bonds. The molecule has 2 aliphatic heterocycles. The molecule has 2 aliphatic rings. The van der Waals surface area contributed by atoms with E-state index < -0.39 is 6.10 Å². The first-order chi connectivity index (χ1) is 12.5. The van der Waals surface area contributed by atoms with Gasteiger partial charge in [0.25, 0.3) is 0 Å². The number of methoxy groups -OCH3 is 1. The minimum absolute atomic E-state index is 0.0269. The summed E-state index contributed by atoms with van der Waals surface area (Å²) in [5, 5.41) is 10.4. The smallest absolute Gasteiger partial charge is 0.222 e. The predicted molar refractivity (Wildman–Crippen MR) is 96.4 cm³/mol. The molecule has 0 radical (unpaired) electrons. The highest BCUT2D eigenvalue weighted by atomic mass is 16.5. The molecule has 26 heavy (non-hydrogen) atoms. The summed E-state index contributed by atoms with van der Waals surface area (Å²) in [6, 6.07) is 1.80. The van der Waals surface area contributed by atoms with E-state index in [1.807, 2.05) is 4.90 Å². The normalized spacial score (nSPS) is 23.9. The number of β-amino-alcohol motifs (C(OH)–C–C–N with tert-alkyl or cyclic N) is 1. The highest BCUT2D eigenvalue weighted by molar-refractivity contribution is 5.76. The van der Waals surface area contributed by atoms with Crippen molar-refractivity contribution in [2.45, 2.75) is 31.3 Å². The van der Waals surface area contributed by atoms with Gasteiger partial charge in [-0.3, -0.25) is 4.79 Å². The highest BCUT2D eigenvalue weighted by Crippen LogP contribution is 2.31. The molecular weight excluding hydrogens is 336 g/mol. The summed E-state index contributed by atoms with van der Waals surface area (Å²) in [6.07, 6.45) is 1.58. The van der Waals surface area contributed by atoms with E-state index in [9.17, 15) is 9.90 Å². The fourth-order valence-corrected chi connectivity index (χ4v) is 3.48. The average molecular weight is 364 g/mol. The zero-order valence-electron chi connectivity index (χ0n) is 15.7. The number of carbonyl (C=O) groups is 1. The number of anilines is 1. The Hall–Kier alpha value is -1.93. The maximum absolute atomic E-state index is 12.0. The molecule has 144 valence electrons. The van der Waals surface area contributed by atoms with E-state index in [1.54, 1.807) is 32.2 Å². The lowest BCUT2D eigenvalue weighted by Gasteiger charge is -2.23. The first-order valence-electron chi connectivity index (χ1n) is 9.11. The quantitative estimate of drug-likeness (QED) is 0.821. The Bertz CT molecular complexity index is 634. The molecule has 0 unspecified atom stereocenters. The fraction of sp³-hybridized carbons (Fsp3) is 0.722. The van der Waals surface area contributed by atoms with Gasteiger partial charge in [0.05, 0.1) is 13.2 Å². The summed E-state index contributed by atoms with van der Waals surface area (Å²) in [7, 11) is 5.06. The van der Waals surface area contributed by atoms with Crippen LogP contribution in [0.15, 0.2) is 6.07 Å². The number of amides is 1. The molecule has 3 rings (SSSR count). The van der Waals surface area contributed by atoms with E-state index in [1.165, 1.54) is 0 Å². The van der Waals surface area contributed by atoms with Gasteiger partial charge in [-0.05, 0) is 12.8 Å². The van der Waals surface area contributed by atoms with E-state index >= 15 is 0 Å². The lowest BCUT2D eigenvalue weighted by Crippen LogP contribution is -2.28. The van der Waals surface area contributed by atoms with Gasteiger partial charge in [-0.25, -0.2) is 4.98 Å². The molecule has 2 atom stereocenters. The number of hydrogen-bond acceptors (Lipinski definition) is 7. The Balaban J connectivity index is 1.76. The number of hydrogen-bond donors (Lipinski definition) is 1. The van der Waals surface area contributed by atoms with Gasteiger partial charge in [-0.2, -0.15) is 4.98 Å². The summed E-state index contributed by atoms with van der Waals surface area (Å²) >= 11 is 0. The van der Waals surface area contributed by atoms with Gasteiger partial charge in [0, 0.05) is 64.7 Å². The van der Waals surface area contributed by atoms with Gasteiger partial charge in [-0.1, -0.05) is 0 Å². The molecule has 1 aromatic rings. The van der Waals surface area contributed by atoms with Crippen molar-refractivity contribution >= 4 is 11.7 Å². The molecule has 0 aliphatic carbocycles. The fourth-order valence-electron chi connectivity index (χ4n) is 3.48. The summed E-state index contributed by atoms with van der Waals surface area (Å²) in [6.45, 7) is 2.49. The minimum atomic E-state index is -0.550. The highest BCUT2D eigenvalue weighted by Gasteiger charge is 2.34. The van der Waals surface area contributed by atoms with Gasteiger partial charge in [-0.15, -0.1) is 0 Å². The Kier molecular flexibility index (Phi) is 5.93.